The van der Waals surface area contributed by atoms with E-state index in [0.717, 1.165) is 13.0 Å². The zero-order valence-electron chi connectivity index (χ0n) is 10.00. The molecule has 1 atom stereocenters. The third kappa shape index (κ3) is 3.21. The number of thiophene rings is 1. The van der Waals surface area contributed by atoms with Crippen LogP contribution in [0.4, 0.5) is 0 Å². The Morgan fingerprint density at radius 1 is 1.53 bits per heavy atom. The van der Waals surface area contributed by atoms with Gasteiger partial charge in [-0.25, -0.2) is 0 Å². The second-order valence-corrected chi connectivity index (χ2v) is 6.45. The maximum Gasteiger partial charge on any atom is 0.0935 e. The van der Waals surface area contributed by atoms with Crippen LogP contribution in [-0.2, 0) is 6.42 Å². The van der Waals surface area contributed by atoms with E-state index < -0.39 is 0 Å². The van der Waals surface area contributed by atoms with Crippen LogP contribution in [0.15, 0.2) is 32.9 Å². The zero-order chi connectivity index (χ0) is 12.3. The van der Waals surface area contributed by atoms with Crippen LogP contribution in [0.1, 0.15) is 29.0 Å². The lowest BCUT2D eigenvalue weighted by Gasteiger charge is -2.15. The van der Waals surface area contributed by atoms with E-state index in [1.807, 2.05) is 23.7 Å². The Balaban J connectivity index is 2.16. The molecule has 0 amide bonds. The standard InChI is InChI=1S/C13H16BrNOS/c1-3-15-11(7-10-4-5-16-8-10)12-6-9(2)13(14)17-12/h4-6,8,11,15H,3,7H2,1-2H3. The molecule has 0 radical (unpaired) electrons. The fourth-order valence-corrected chi connectivity index (χ4v) is 3.47. The van der Waals surface area contributed by atoms with E-state index in [4.69, 9.17) is 4.42 Å². The second kappa shape index (κ2) is 5.85. The normalized spacial score (nSPS) is 12.9. The van der Waals surface area contributed by atoms with Gasteiger partial charge in [-0.1, -0.05) is 6.92 Å². The minimum atomic E-state index is 0.368. The molecule has 0 fully saturated rings. The minimum absolute atomic E-state index is 0.368. The van der Waals surface area contributed by atoms with Gasteiger partial charge in [0.1, 0.15) is 0 Å². The Bertz CT molecular complexity index is 444. The van der Waals surface area contributed by atoms with Gasteiger partial charge in [0, 0.05) is 10.9 Å². The van der Waals surface area contributed by atoms with E-state index in [0.29, 0.717) is 6.04 Å². The van der Waals surface area contributed by atoms with Crippen molar-refractivity contribution < 1.29 is 4.42 Å². The minimum Gasteiger partial charge on any atom is -0.472 e. The Morgan fingerprint density at radius 2 is 2.35 bits per heavy atom. The summed E-state index contributed by atoms with van der Waals surface area (Å²) < 4.78 is 6.35. The van der Waals surface area contributed by atoms with Crippen LogP contribution in [0.2, 0.25) is 0 Å². The zero-order valence-corrected chi connectivity index (χ0v) is 12.4. The molecular weight excluding hydrogens is 298 g/mol. The molecule has 2 aromatic rings. The second-order valence-electron chi connectivity index (χ2n) is 4.05. The molecule has 17 heavy (non-hydrogen) atoms. The van der Waals surface area contributed by atoms with Crippen molar-refractivity contribution in [2.75, 3.05) is 6.54 Å². The quantitative estimate of drug-likeness (QED) is 0.890. The Morgan fingerprint density at radius 3 is 2.88 bits per heavy atom. The van der Waals surface area contributed by atoms with Gasteiger partial charge in [-0.3, -0.25) is 0 Å². The van der Waals surface area contributed by atoms with Crippen LogP contribution >= 0.6 is 27.3 Å². The van der Waals surface area contributed by atoms with Gasteiger partial charge in [0.05, 0.1) is 16.3 Å². The predicted molar refractivity (Wildman–Crippen MR) is 75.6 cm³/mol. The van der Waals surface area contributed by atoms with Crippen molar-refractivity contribution in [1.82, 2.24) is 5.32 Å². The molecule has 1 N–H and O–H groups in total. The molecule has 2 heterocycles. The highest BCUT2D eigenvalue weighted by Gasteiger charge is 2.15. The first-order valence-electron chi connectivity index (χ1n) is 5.71. The van der Waals surface area contributed by atoms with Crippen molar-refractivity contribution in [2.45, 2.75) is 26.3 Å². The molecule has 0 aliphatic carbocycles. The van der Waals surface area contributed by atoms with Gasteiger partial charge >= 0.3 is 0 Å². The molecule has 0 spiro atoms. The largest absolute Gasteiger partial charge is 0.472 e. The van der Waals surface area contributed by atoms with Crippen molar-refractivity contribution in [3.05, 3.63) is 44.4 Å². The first-order chi connectivity index (χ1) is 8.20. The topological polar surface area (TPSA) is 25.2 Å². The highest BCUT2D eigenvalue weighted by Crippen LogP contribution is 2.32. The molecule has 0 aromatic carbocycles. The molecule has 0 saturated heterocycles. The Labute approximate surface area is 114 Å². The number of aryl methyl sites for hydroxylation is 1. The molecule has 92 valence electrons. The van der Waals surface area contributed by atoms with Crippen molar-refractivity contribution in [3.63, 3.8) is 0 Å². The molecule has 0 aliphatic rings. The fraction of sp³-hybridized carbons (Fsp3) is 0.385. The van der Waals surface area contributed by atoms with Gasteiger partial charge in [-0.2, -0.15) is 0 Å². The average Bonchev–Trinajstić information content (AvgIpc) is 2.90. The number of nitrogens with one attached hydrogen (secondary N) is 1. The van der Waals surface area contributed by atoms with Gasteiger partial charge in [0.25, 0.3) is 0 Å². The highest BCUT2D eigenvalue weighted by atomic mass is 79.9. The lowest BCUT2D eigenvalue weighted by atomic mass is 10.1. The van der Waals surface area contributed by atoms with Crippen molar-refractivity contribution in [2.24, 2.45) is 0 Å². The van der Waals surface area contributed by atoms with Gasteiger partial charge in [-0.05, 0) is 59.1 Å². The summed E-state index contributed by atoms with van der Waals surface area (Å²) in [6, 6.07) is 4.65. The maximum absolute atomic E-state index is 5.12. The SMILES string of the molecule is CCNC(Cc1ccoc1)c1cc(C)c(Br)s1. The summed E-state index contributed by atoms with van der Waals surface area (Å²) in [5.41, 5.74) is 2.54. The molecule has 1 unspecified atom stereocenters. The van der Waals surface area contributed by atoms with Crippen molar-refractivity contribution in [1.29, 1.82) is 0 Å². The highest BCUT2D eigenvalue weighted by molar-refractivity contribution is 9.11. The molecular formula is C13H16BrNOS. The number of likely N-dealkylation sites (N-methyl/N-ethyl adjacent to an activating group) is 1. The summed E-state index contributed by atoms with van der Waals surface area (Å²) in [6.45, 7) is 5.24. The van der Waals surface area contributed by atoms with Crippen LogP contribution in [0, 0.1) is 6.92 Å². The number of hydrogen-bond acceptors (Lipinski definition) is 3. The van der Waals surface area contributed by atoms with E-state index in [9.17, 15) is 0 Å². The fourth-order valence-electron chi connectivity index (χ4n) is 1.82. The van der Waals surface area contributed by atoms with Crippen LogP contribution in [0.25, 0.3) is 0 Å². The third-order valence-electron chi connectivity index (χ3n) is 2.69. The first-order valence-corrected chi connectivity index (χ1v) is 7.32. The van der Waals surface area contributed by atoms with Crippen molar-refractivity contribution in [3.8, 4) is 0 Å². The van der Waals surface area contributed by atoms with E-state index in [2.05, 4.69) is 41.2 Å². The Hall–Kier alpha value is -0.580. The van der Waals surface area contributed by atoms with E-state index in [1.54, 1.807) is 6.26 Å². The summed E-state index contributed by atoms with van der Waals surface area (Å²) in [7, 11) is 0. The number of hydrogen-bond donors (Lipinski definition) is 1. The lowest BCUT2D eigenvalue weighted by molar-refractivity contribution is 0.540. The van der Waals surface area contributed by atoms with E-state index in [1.165, 1.54) is 19.8 Å². The van der Waals surface area contributed by atoms with Gasteiger partial charge < -0.3 is 9.73 Å². The molecule has 4 heteroatoms. The summed E-state index contributed by atoms with van der Waals surface area (Å²) in [4.78, 5) is 1.37. The van der Waals surface area contributed by atoms with Crippen LogP contribution in [-0.4, -0.2) is 6.54 Å². The summed E-state index contributed by atoms with van der Waals surface area (Å²) in [5, 5.41) is 3.53. The number of furan rings is 1. The van der Waals surface area contributed by atoms with Gasteiger partial charge in [0.2, 0.25) is 0 Å². The molecule has 0 saturated carbocycles. The summed E-state index contributed by atoms with van der Waals surface area (Å²) >= 11 is 5.39. The van der Waals surface area contributed by atoms with E-state index >= 15 is 0 Å². The van der Waals surface area contributed by atoms with Crippen molar-refractivity contribution >= 4 is 27.3 Å². The average molecular weight is 314 g/mol. The first kappa shape index (κ1) is 12.9. The molecule has 2 rings (SSSR count). The Kier molecular flexibility index (Phi) is 4.42. The van der Waals surface area contributed by atoms with Gasteiger partial charge in [-0.15, -0.1) is 11.3 Å². The summed E-state index contributed by atoms with van der Waals surface area (Å²) in [5.74, 6) is 0. The van der Waals surface area contributed by atoms with Crippen LogP contribution < -0.4 is 5.32 Å². The monoisotopic (exact) mass is 313 g/mol. The lowest BCUT2D eigenvalue weighted by Crippen LogP contribution is -2.21. The van der Waals surface area contributed by atoms with Gasteiger partial charge in [0.15, 0.2) is 0 Å². The molecule has 2 aromatic heterocycles. The number of halogens is 1. The summed E-state index contributed by atoms with van der Waals surface area (Å²) in [6.07, 6.45) is 4.52. The number of rotatable bonds is 5. The predicted octanol–water partition coefficient (Wildman–Crippen LogP) is 4.31. The van der Waals surface area contributed by atoms with E-state index in [-0.39, 0.29) is 0 Å². The molecule has 0 aliphatic heterocycles. The molecule has 0 bridgehead atoms. The third-order valence-corrected chi connectivity index (χ3v) is 4.94. The van der Waals surface area contributed by atoms with Crippen LogP contribution in [0.5, 0.6) is 0 Å². The van der Waals surface area contributed by atoms with Crippen LogP contribution in [0.3, 0.4) is 0 Å². The molecule has 2 nitrogen and oxygen atoms in total. The smallest absolute Gasteiger partial charge is 0.0935 e. The maximum atomic E-state index is 5.12.